The van der Waals surface area contributed by atoms with Gasteiger partial charge >= 0.3 is 0 Å². The van der Waals surface area contributed by atoms with E-state index in [1.54, 1.807) is 0 Å². The zero-order chi connectivity index (χ0) is 20.2. The summed E-state index contributed by atoms with van der Waals surface area (Å²) < 4.78 is 12.2. The van der Waals surface area contributed by atoms with Crippen molar-refractivity contribution >= 4 is 5.96 Å². The Hall–Kier alpha value is -1.63. The molecule has 3 saturated heterocycles. The molecule has 6 nitrogen and oxygen atoms in total. The van der Waals surface area contributed by atoms with Crippen LogP contribution in [0.25, 0.3) is 0 Å². The van der Waals surface area contributed by atoms with Crippen LogP contribution in [0, 0.1) is 13.8 Å². The van der Waals surface area contributed by atoms with Gasteiger partial charge in [0.2, 0.25) is 0 Å². The van der Waals surface area contributed by atoms with Gasteiger partial charge < -0.3 is 19.7 Å². The molecule has 0 saturated carbocycles. The highest BCUT2D eigenvalue weighted by atomic mass is 16.5. The number of hydrogen-bond donors (Lipinski definition) is 1. The van der Waals surface area contributed by atoms with Gasteiger partial charge in [0.25, 0.3) is 0 Å². The lowest BCUT2D eigenvalue weighted by atomic mass is 10.00. The van der Waals surface area contributed by atoms with E-state index in [4.69, 9.17) is 14.5 Å². The van der Waals surface area contributed by atoms with Crippen molar-refractivity contribution < 1.29 is 9.47 Å². The van der Waals surface area contributed by atoms with Crippen LogP contribution in [0.3, 0.4) is 0 Å². The molecule has 160 valence electrons. The Balaban J connectivity index is 1.41. The number of guanidine groups is 1. The Morgan fingerprint density at radius 1 is 1.21 bits per heavy atom. The summed E-state index contributed by atoms with van der Waals surface area (Å²) in [6.45, 7) is 13.5. The molecule has 0 amide bonds. The normalized spacial score (nSPS) is 28.4. The molecule has 1 aromatic carbocycles. The van der Waals surface area contributed by atoms with Crippen LogP contribution in [0.4, 0.5) is 0 Å². The zero-order valence-corrected chi connectivity index (χ0v) is 18.2. The lowest BCUT2D eigenvalue weighted by Crippen LogP contribution is -2.50. The van der Waals surface area contributed by atoms with Gasteiger partial charge in [-0.05, 0) is 51.3 Å². The van der Waals surface area contributed by atoms with Gasteiger partial charge in [0.05, 0.1) is 32.4 Å². The van der Waals surface area contributed by atoms with E-state index in [1.165, 1.54) is 36.1 Å². The van der Waals surface area contributed by atoms with E-state index in [0.717, 1.165) is 51.9 Å². The highest BCUT2D eigenvalue weighted by Gasteiger charge is 2.32. The Kier molecular flexibility index (Phi) is 6.73. The van der Waals surface area contributed by atoms with E-state index < -0.39 is 0 Å². The predicted molar refractivity (Wildman–Crippen MR) is 116 cm³/mol. The van der Waals surface area contributed by atoms with E-state index in [-0.39, 0.29) is 12.2 Å². The van der Waals surface area contributed by atoms with Crippen molar-refractivity contribution in [2.24, 2.45) is 4.99 Å². The molecule has 0 radical (unpaired) electrons. The van der Waals surface area contributed by atoms with Crippen LogP contribution in [0.2, 0.25) is 0 Å². The average molecular weight is 401 g/mol. The van der Waals surface area contributed by atoms with Crippen LogP contribution in [-0.2, 0) is 9.47 Å². The predicted octanol–water partition coefficient (Wildman–Crippen LogP) is 2.51. The number of aliphatic imine (C=N–C) groups is 1. The molecule has 4 rings (SSSR count). The Bertz CT molecular complexity index is 723. The molecule has 3 aliphatic rings. The number of morpholine rings is 2. The SMILES string of the molecule is CCNC(=NCC1CN2CCCC2CO1)N1CCOC(c2ccc(C)cc2C)C1. The van der Waals surface area contributed by atoms with Crippen LogP contribution in [0.15, 0.2) is 23.2 Å². The quantitative estimate of drug-likeness (QED) is 0.622. The summed E-state index contributed by atoms with van der Waals surface area (Å²) in [5, 5.41) is 3.49. The minimum Gasteiger partial charge on any atom is -0.373 e. The molecule has 29 heavy (non-hydrogen) atoms. The summed E-state index contributed by atoms with van der Waals surface area (Å²) >= 11 is 0. The van der Waals surface area contributed by atoms with Crippen molar-refractivity contribution in [3.05, 3.63) is 34.9 Å². The van der Waals surface area contributed by atoms with Crippen LogP contribution in [-0.4, -0.2) is 80.4 Å². The summed E-state index contributed by atoms with van der Waals surface area (Å²) in [6, 6.07) is 7.27. The van der Waals surface area contributed by atoms with E-state index in [2.05, 4.69) is 54.1 Å². The van der Waals surface area contributed by atoms with Crippen molar-refractivity contribution in [1.82, 2.24) is 15.1 Å². The fourth-order valence-corrected chi connectivity index (χ4v) is 4.83. The monoisotopic (exact) mass is 400 g/mol. The lowest BCUT2D eigenvalue weighted by Gasteiger charge is -2.37. The van der Waals surface area contributed by atoms with Crippen molar-refractivity contribution in [3.63, 3.8) is 0 Å². The number of ether oxygens (including phenoxy) is 2. The summed E-state index contributed by atoms with van der Waals surface area (Å²) in [6.07, 6.45) is 2.88. The standard InChI is InChI=1S/C23H36N4O2/c1-4-24-23(25-13-20-14-26-9-5-6-19(26)16-29-20)27-10-11-28-22(15-27)21-8-7-17(2)12-18(21)3/h7-8,12,19-20,22H,4-6,9-11,13-16H2,1-3H3,(H,24,25). The van der Waals surface area contributed by atoms with Gasteiger partial charge in [-0.1, -0.05) is 23.8 Å². The largest absolute Gasteiger partial charge is 0.373 e. The van der Waals surface area contributed by atoms with Crippen LogP contribution in [0.5, 0.6) is 0 Å². The van der Waals surface area contributed by atoms with Gasteiger partial charge in [0.15, 0.2) is 5.96 Å². The third-order valence-electron chi connectivity index (χ3n) is 6.38. The number of aryl methyl sites for hydroxylation is 2. The van der Waals surface area contributed by atoms with E-state index >= 15 is 0 Å². The van der Waals surface area contributed by atoms with Crippen molar-refractivity contribution in [3.8, 4) is 0 Å². The Morgan fingerprint density at radius 3 is 2.93 bits per heavy atom. The average Bonchev–Trinajstić information content (AvgIpc) is 3.19. The molecule has 0 aliphatic carbocycles. The van der Waals surface area contributed by atoms with Crippen molar-refractivity contribution in [1.29, 1.82) is 0 Å². The number of benzene rings is 1. The van der Waals surface area contributed by atoms with Gasteiger partial charge in [-0.25, -0.2) is 0 Å². The van der Waals surface area contributed by atoms with Gasteiger partial charge in [-0.15, -0.1) is 0 Å². The fraction of sp³-hybridized carbons (Fsp3) is 0.696. The molecular formula is C23H36N4O2. The first-order chi connectivity index (χ1) is 14.1. The van der Waals surface area contributed by atoms with E-state index in [1.807, 2.05) is 0 Å². The highest BCUT2D eigenvalue weighted by Crippen LogP contribution is 2.26. The fourth-order valence-electron chi connectivity index (χ4n) is 4.83. The van der Waals surface area contributed by atoms with Gasteiger partial charge in [-0.3, -0.25) is 9.89 Å². The Labute approximate surface area is 175 Å². The maximum atomic E-state index is 6.13. The zero-order valence-electron chi connectivity index (χ0n) is 18.2. The van der Waals surface area contributed by atoms with E-state index in [0.29, 0.717) is 6.04 Å². The number of nitrogens with one attached hydrogen (secondary N) is 1. The van der Waals surface area contributed by atoms with Gasteiger partial charge in [-0.2, -0.15) is 0 Å². The molecule has 3 heterocycles. The summed E-state index contributed by atoms with van der Waals surface area (Å²) in [5.41, 5.74) is 3.88. The van der Waals surface area contributed by atoms with E-state index in [9.17, 15) is 0 Å². The molecule has 3 aliphatic heterocycles. The summed E-state index contributed by atoms with van der Waals surface area (Å²) in [5.74, 6) is 0.984. The first-order valence-electron chi connectivity index (χ1n) is 11.2. The molecule has 3 fully saturated rings. The molecule has 0 spiro atoms. The highest BCUT2D eigenvalue weighted by molar-refractivity contribution is 5.80. The minimum atomic E-state index is 0.0875. The second kappa shape index (κ2) is 9.45. The number of fused-ring (bicyclic) bond motifs is 1. The van der Waals surface area contributed by atoms with Gasteiger partial charge in [0, 0.05) is 25.7 Å². The minimum absolute atomic E-state index is 0.0875. The molecule has 3 atom stereocenters. The lowest BCUT2D eigenvalue weighted by molar-refractivity contribution is -0.0435. The van der Waals surface area contributed by atoms with Crippen molar-refractivity contribution in [2.75, 3.05) is 52.5 Å². The number of nitrogens with zero attached hydrogens (tertiary/aromatic N) is 3. The van der Waals surface area contributed by atoms with Gasteiger partial charge in [0.1, 0.15) is 6.10 Å². The number of hydrogen-bond acceptors (Lipinski definition) is 4. The third kappa shape index (κ3) is 4.93. The molecule has 0 bridgehead atoms. The molecule has 3 unspecified atom stereocenters. The number of rotatable bonds is 4. The second-order valence-corrected chi connectivity index (χ2v) is 8.61. The molecule has 1 N–H and O–H groups in total. The summed E-state index contributed by atoms with van der Waals surface area (Å²) in [4.78, 5) is 9.89. The maximum absolute atomic E-state index is 6.13. The first kappa shape index (κ1) is 20.6. The first-order valence-corrected chi connectivity index (χ1v) is 11.2. The van der Waals surface area contributed by atoms with Crippen molar-refractivity contribution in [2.45, 2.75) is 51.9 Å². The third-order valence-corrected chi connectivity index (χ3v) is 6.38. The maximum Gasteiger partial charge on any atom is 0.194 e. The smallest absolute Gasteiger partial charge is 0.194 e. The molecule has 0 aromatic heterocycles. The Morgan fingerprint density at radius 2 is 2.10 bits per heavy atom. The molecule has 6 heteroatoms. The molecular weight excluding hydrogens is 364 g/mol. The molecule has 1 aromatic rings. The topological polar surface area (TPSA) is 49.3 Å². The summed E-state index contributed by atoms with van der Waals surface area (Å²) in [7, 11) is 0. The van der Waals surface area contributed by atoms with Crippen LogP contribution < -0.4 is 5.32 Å². The second-order valence-electron chi connectivity index (χ2n) is 8.61. The van der Waals surface area contributed by atoms with Crippen LogP contribution in [0.1, 0.15) is 42.6 Å². The van der Waals surface area contributed by atoms with Crippen LogP contribution >= 0.6 is 0 Å².